The Morgan fingerprint density at radius 2 is 2.00 bits per heavy atom. The lowest BCUT2D eigenvalue weighted by atomic mass is 10.1. The van der Waals surface area contributed by atoms with Crippen LogP contribution < -0.4 is 14.8 Å². The van der Waals surface area contributed by atoms with E-state index in [1.165, 1.54) is 36.4 Å². The molecule has 1 amide bonds. The third-order valence-electron chi connectivity index (χ3n) is 4.76. The molecular formula is C21H19ClN4O4S2. The maximum absolute atomic E-state index is 13.2. The van der Waals surface area contributed by atoms with Gasteiger partial charge in [-0.05, 0) is 35.9 Å². The van der Waals surface area contributed by atoms with Crippen molar-refractivity contribution in [3.05, 3.63) is 99.8 Å². The minimum absolute atomic E-state index is 0.0287. The van der Waals surface area contributed by atoms with Gasteiger partial charge in [0.15, 0.2) is 0 Å². The number of rotatable bonds is 7. The summed E-state index contributed by atoms with van der Waals surface area (Å²) in [5, 5.41) is 12.7. The van der Waals surface area contributed by atoms with Crippen molar-refractivity contribution in [1.82, 2.24) is 14.3 Å². The van der Waals surface area contributed by atoms with Gasteiger partial charge in [0.25, 0.3) is 15.9 Å². The highest BCUT2D eigenvalue weighted by atomic mass is 35.5. The number of benzene rings is 2. The van der Waals surface area contributed by atoms with Crippen LogP contribution in [0, 0.1) is 0 Å². The molecule has 0 radical (unpaired) electrons. The number of carbonyl (C=O) groups is 1. The van der Waals surface area contributed by atoms with Gasteiger partial charge >= 0.3 is 0 Å². The molecule has 4 N–H and O–H groups in total. The zero-order valence-electron chi connectivity index (χ0n) is 16.5. The summed E-state index contributed by atoms with van der Waals surface area (Å²) in [5.41, 5.74) is 1.28. The molecule has 2 aromatic rings. The van der Waals surface area contributed by atoms with E-state index in [0.29, 0.717) is 5.70 Å². The summed E-state index contributed by atoms with van der Waals surface area (Å²) in [6.07, 6.45) is 6.39. The van der Waals surface area contributed by atoms with Crippen LogP contribution in [0.1, 0.15) is 22.0 Å². The number of aliphatic hydroxyl groups excluding tert-OH is 1. The van der Waals surface area contributed by atoms with Gasteiger partial charge in [-0.1, -0.05) is 41.9 Å². The molecule has 0 saturated heterocycles. The third kappa shape index (κ3) is 4.63. The zero-order valence-corrected chi connectivity index (χ0v) is 18.9. The Kier molecular flexibility index (Phi) is 6.47. The van der Waals surface area contributed by atoms with Crippen molar-refractivity contribution in [3.8, 4) is 0 Å². The number of hydrogen-bond acceptors (Lipinski definition) is 7. The standard InChI is InChI=1S/C21H19ClN4O4S2/c22-15-8-9-16(21(28)24-18(13-27)14-5-2-1-3-6-14)17(11-15)25-32(29,30)20-7-4-10-26-19(20)12-23-31-26/h1-12,18,23,25,27H,13H2,(H,24,28)/t18-/m1/s1. The Balaban J connectivity index is 1.62. The quantitative estimate of drug-likeness (QED) is 0.441. The minimum atomic E-state index is -4.04. The van der Waals surface area contributed by atoms with Gasteiger partial charge in [0.2, 0.25) is 0 Å². The molecule has 11 heteroatoms. The number of allylic oxidation sites excluding steroid dienone is 2. The summed E-state index contributed by atoms with van der Waals surface area (Å²) >= 11 is 7.32. The van der Waals surface area contributed by atoms with Crippen molar-refractivity contribution in [1.29, 1.82) is 0 Å². The number of nitrogens with zero attached hydrogens (tertiary/aromatic N) is 1. The van der Waals surface area contributed by atoms with Crippen LogP contribution >= 0.6 is 23.7 Å². The van der Waals surface area contributed by atoms with Gasteiger partial charge in [-0.15, -0.1) is 0 Å². The van der Waals surface area contributed by atoms with Gasteiger partial charge < -0.3 is 15.1 Å². The molecule has 2 heterocycles. The van der Waals surface area contributed by atoms with Gasteiger partial charge in [0.1, 0.15) is 4.91 Å². The normalized spacial score (nSPS) is 15.9. The molecule has 1 atom stereocenters. The number of anilines is 1. The molecule has 2 aliphatic rings. The monoisotopic (exact) mass is 490 g/mol. The van der Waals surface area contributed by atoms with Gasteiger partial charge in [-0.3, -0.25) is 13.8 Å². The lowest BCUT2D eigenvalue weighted by Gasteiger charge is -2.22. The molecule has 0 fully saturated rings. The number of hydrogen-bond donors (Lipinski definition) is 4. The Hall–Kier alpha value is -2.92. The van der Waals surface area contributed by atoms with Crippen LogP contribution in [0.2, 0.25) is 5.02 Å². The molecule has 0 aliphatic carbocycles. The summed E-state index contributed by atoms with van der Waals surface area (Å²) in [6.45, 7) is -0.321. The van der Waals surface area contributed by atoms with E-state index in [4.69, 9.17) is 11.6 Å². The largest absolute Gasteiger partial charge is 0.394 e. The highest BCUT2D eigenvalue weighted by Crippen LogP contribution is 2.34. The molecule has 8 nitrogen and oxygen atoms in total. The second-order valence-electron chi connectivity index (χ2n) is 6.85. The predicted molar refractivity (Wildman–Crippen MR) is 126 cm³/mol. The summed E-state index contributed by atoms with van der Waals surface area (Å²) in [7, 11) is -4.04. The first-order valence-corrected chi connectivity index (χ1v) is 12.1. The SMILES string of the molecule is O=C(N[C@H](CO)c1ccccc1)c1ccc(Cl)cc1NS(=O)(=O)C1=CC=CN2SNC=C12. The Morgan fingerprint density at radius 1 is 1.22 bits per heavy atom. The van der Waals surface area contributed by atoms with Crippen LogP contribution in [0.4, 0.5) is 5.69 Å². The minimum Gasteiger partial charge on any atom is -0.394 e. The number of fused-ring (bicyclic) bond motifs is 1. The number of halogens is 1. The number of carbonyl (C=O) groups excluding carboxylic acids is 1. The van der Waals surface area contributed by atoms with Crippen molar-refractivity contribution in [3.63, 3.8) is 0 Å². The highest BCUT2D eigenvalue weighted by Gasteiger charge is 2.30. The first kappa shape index (κ1) is 22.3. The fourth-order valence-electron chi connectivity index (χ4n) is 3.22. The lowest BCUT2D eigenvalue weighted by molar-refractivity contribution is 0.0917. The van der Waals surface area contributed by atoms with E-state index in [1.54, 1.807) is 47.0 Å². The van der Waals surface area contributed by atoms with Crippen molar-refractivity contribution in [2.45, 2.75) is 6.04 Å². The van der Waals surface area contributed by atoms with Crippen LogP contribution in [0.3, 0.4) is 0 Å². The topological polar surface area (TPSA) is 111 Å². The second kappa shape index (κ2) is 9.29. The molecule has 0 aromatic heterocycles. The molecule has 2 aromatic carbocycles. The van der Waals surface area contributed by atoms with Crippen LogP contribution in [0.5, 0.6) is 0 Å². The van der Waals surface area contributed by atoms with Crippen molar-refractivity contribution in [2.75, 3.05) is 11.3 Å². The van der Waals surface area contributed by atoms with E-state index < -0.39 is 22.0 Å². The van der Waals surface area contributed by atoms with Crippen molar-refractivity contribution >= 4 is 45.4 Å². The van der Waals surface area contributed by atoms with Gasteiger partial charge in [0, 0.05) is 17.4 Å². The number of aliphatic hydroxyl groups is 1. The van der Waals surface area contributed by atoms with E-state index in [0.717, 1.165) is 5.56 Å². The molecule has 32 heavy (non-hydrogen) atoms. The van der Waals surface area contributed by atoms with Crippen molar-refractivity contribution in [2.24, 2.45) is 0 Å². The number of amides is 1. The summed E-state index contributed by atoms with van der Waals surface area (Å²) < 4.78 is 33.4. The highest BCUT2D eigenvalue weighted by molar-refractivity contribution is 7.97. The van der Waals surface area contributed by atoms with E-state index in [9.17, 15) is 18.3 Å². The maximum atomic E-state index is 13.2. The number of nitrogens with one attached hydrogen (secondary N) is 3. The van der Waals surface area contributed by atoms with Crippen LogP contribution in [0.15, 0.2) is 83.7 Å². The Labute approximate surface area is 195 Å². The van der Waals surface area contributed by atoms with Gasteiger partial charge in [-0.25, -0.2) is 8.42 Å². The number of sulfonamides is 1. The summed E-state index contributed by atoms with van der Waals surface area (Å²) in [4.78, 5) is 13.0. The summed E-state index contributed by atoms with van der Waals surface area (Å²) in [6, 6.07) is 12.6. The maximum Gasteiger partial charge on any atom is 0.264 e. The summed E-state index contributed by atoms with van der Waals surface area (Å²) in [5.74, 6) is -0.557. The molecule has 0 unspecified atom stereocenters. The molecule has 0 bridgehead atoms. The average Bonchev–Trinajstić information content (AvgIpc) is 3.26. The fourth-order valence-corrected chi connectivity index (χ4v) is 5.36. The first-order chi connectivity index (χ1) is 15.4. The second-order valence-corrected chi connectivity index (χ2v) is 9.75. The third-order valence-corrected chi connectivity index (χ3v) is 7.14. The average molecular weight is 491 g/mol. The Bertz CT molecular complexity index is 1230. The first-order valence-electron chi connectivity index (χ1n) is 9.49. The molecule has 0 saturated carbocycles. The van der Waals surface area contributed by atoms with Crippen molar-refractivity contribution < 1.29 is 18.3 Å². The molecule has 166 valence electrons. The predicted octanol–water partition coefficient (Wildman–Crippen LogP) is 3.27. The van der Waals surface area contributed by atoms with Crippen LogP contribution in [-0.4, -0.2) is 30.3 Å². The molecule has 0 spiro atoms. The molecular weight excluding hydrogens is 472 g/mol. The van der Waals surface area contributed by atoms with Crippen LogP contribution in [-0.2, 0) is 10.0 Å². The van der Waals surface area contributed by atoms with Crippen LogP contribution in [0.25, 0.3) is 0 Å². The van der Waals surface area contributed by atoms with E-state index in [2.05, 4.69) is 14.8 Å². The van der Waals surface area contributed by atoms with Gasteiger partial charge in [0.05, 0.1) is 41.7 Å². The lowest BCUT2D eigenvalue weighted by Crippen LogP contribution is -2.31. The van der Waals surface area contributed by atoms with E-state index in [1.807, 2.05) is 6.07 Å². The molecule has 2 aliphatic heterocycles. The smallest absolute Gasteiger partial charge is 0.264 e. The zero-order chi connectivity index (χ0) is 22.7. The van der Waals surface area contributed by atoms with E-state index in [-0.39, 0.29) is 27.8 Å². The molecule has 4 rings (SSSR count). The van der Waals surface area contributed by atoms with E-state index >= 15 is 0 Å². The Morgan fingerprint density at radius 3 is 2.75 bits per heavy atom. The fraction of sp³-hybridized carbons (Fsp3) is 0.0952. The van der Waals surface area contributed by atoms with Gasteiger partial charge in [-0.2, -0.15) is 0 Å².